The molecule has 0 unspecified atom stereocenters. The second kappa shape index (κ2) is 9.55. The van der Waals surface area contributed by atoms with Crippen molar-refractivity contribution in [3.05, 3.63) is 63.9 Å². The fraction of sp³-hybridized carbons (Fsp3) is 0.391. The van der Waals surface area contributed by atoms with Crippen LogP contribution in [0.4, 0.5) is 10.1 Å². The first-order valence-electron chi connectivity index (χ1n) is 10.6. The van der Waals surface area contributed by atoms with Crippen molar-refractivity contribution in [2.75, 3.05) is 18.1 Å². The molecule has 5 nitrogen and oxygen atoms in total. The summed E-state index contributed by atoms with van der Waals surface area (Å²) in [5.74, 6) is -0.760. The molecule has 2 atom stereocenters. The summed E-state index contributed by atoms with van der Waals surface area (Å²) in [6, 6.07) is 11.1. The zero-order valence-corrected chi connectivity index (χ0v) is 18.8. The number of carbonyl (C=O) groups is 1. The molecule has 0 aliphatic carbocycles. The number of carbonyl (C=O) groups excluding carboxylic acids is 1. The Morgan fingerprint density at radius 3 is 2.39 bits per heavy atom. The number of hydrogen-bond acceptors (Lipinski definition) is 4. The zero-order valence-electron chi connectivity index (χ0n) is 17.3. The first kappa shape index (κ1) is 22.1. The van der Waals surface area contributed by atoms with E-state index in [0.717, 1.165) is 31.5 Å². The lowest BCUT2D eigenvalue weighted by molar-refractivity contribution is -0.119. The average molecular weight is 463 g/mol. The number of nitrogens with one attached hydrogen (secondary N) is 1. The van der Waals surface area contributed by atoms with E-state index in [4.69, 9.17) is 23.2 Å². The normalized spacial score (nSPS) is 22.2. The summed E-state index contributed by atoms with van der Waals surface area (Å²) in [5, 5.41) is 9.37. The molecule has 0 aromatic heterocycles. The standard InChI is InChI=1S/C23H25Cl2FN4O/c1-15-21(23(31)28-29-12-4-2-3-5-13-29)27-30(20-11-8-17(24)14-19(20)25)22(15)16-6-9-18(26)10-7-16/h6-11,14-15,22H,2-5,12-13H2,1H3,(H,28,31)/t15-,22-/m1/s1. The minimum atomic E-state index is -0.314. The van der Waals surface area contributed by atoms with Gasteiger partial charge in [0.1, 0.15) is 11.5 Å². The summed E-state index contributed by atoms with van der Waals surface area (Å²) in [4.78, 5) is 13.2. The first-order chi connectivity index (χ1) is 14.9. The van der Waals surface area contributed by atoms with E-state index in [-0.39, 0.29) is 23.7 Å². The number of nitrogens with zero attached hydrogens (tertiary/aromatic N) is 3. The highest BCUT2D eigenvalue weighted by atomic mass is 35.5. The number of amides is 1. The van der Waals surface area contributed by atoms with Gasteiger partial charge in [-0.25, -0.2) is 9.40 Å². The third-order valence-electron chi connectivity index (χ3n) is 5.85. The van der Waals surface area contributed by atoms with E-state index in [2.05, 4.69) is 10.5 Å². The monoisotopic (exact) mass is 462 g/mol. The lowest BCUT2D eigenvalue weighted by Gasteiger charge is -2.27. The Bertz CT molecular complexity index is 974. The van der Waals surface area contributed by atoms with Crippen molar-refractivity contribution in [2.24, 2.45) is 11.0 Å². The quantitative estimate of drug-likeness (QED) is 0.643. The van der Waals surface area contributed by atoms with E-state index in [0.29, 0.717) is 21.4 Å². The lowest BCUT2D eigenvalue weighted by Crippen LogP contribution is -2.46. The van der Waals surface area contributed by atoms with Crippen LogP contribution in [0.1, 0.15) is 44.2 Å². The number of benzene rings is 2. The third-order valence-corrected chi connectivity index (χ3v) is 6.39. The molecule has 31 heavy (non-hydrogen) atoms. The summed E-state index contributed by atoms with van der Waals surface area (Å²) < 4.78 is 13.6. The van der Waals surface area contributed by atoms with Crippen LogP contribution in [0, 0.1) is 11.7 Å². The lowest BCUT2D eigenvalue weighted by atomic mass is 9.91. The molecule has 1 fully saturated rings. The van der Waals surface area contributed by atoms with Crippen molar-refractivity contribution < 1.29 is 9.18 Å². The van der Waals surface area contributed by atoms with Gasteiger partial charge in [-0.2, -0.15) is 5.10 Å². The molecular formula is C23H25Cl2FN4O. The van der Waals surface area contributed by atoms with Crippen molar-refractivity contribution in [1.82, 2.24) is 10.4 Å². The molecule has 2 aliphatic rings. The van der Waals surface area contributed by atoms with E-state index in [1.54, 1.807) is 35.3 Å². The average Bonchev–Trinajstić information content (AvgIpc) is 2.89. The molecule has 2 heterocycles. The van der Waals surface area contributed by atoms with E-state index in [9.17, 15) is 9.18 Å². The molecule has 2 aromatic carbocycles. The second-order valence-electron chi connectivity index (χ2n) is 8.05. The highest BCUT2D eigenvalue weighted by Crippen LogP contribution is 2.42. The smallest absolute Gasteiger partial charge is 0.282 e. The number of halogens is 3. The Labute approximate surface area is 191 Å². The highest BCUT2D eigenvalue weighted by Gasteiger charge is 2.40. The van der Waals surface area contributed by atoms with Gasteiger partial charge >= 0.3 is 0 Å². The van der Waals surface area contributed by atoms with Gasteiger partial charge in [-0.1, -0.05) is 55.1 Å². The van der Waals surface area contributed by atoms with E-state index in [1.165, 1.54) is 25.0 Å². The molecule has 1 saturated heterocycles. The van der Waals surface area contributed by atoms with Crippen LogP contribution in [-0.4, -0.2) is 29.7 Å². The van der Waals surface area contributed by atoms with Gasteiger partial charge in [-0.05, 0) is 48.7 Å². The predicted molar refractivity (Wildman–Crippen MR) is 123 cm³/mol. The molecule has 4 rings (SSSR count). The van der Waals surface area contributed by atoms with Crippen molar-refractivity contribution in [3.63, 3.8) is 0 Å². The molecule has 0 saturated carbocycles. The fourth-order valence-electron chi connectivity index (χ4n) is 4.23. The van der Waals surface area contributed by atoms with Gasteiger partial charge in [-0.15, -0.1) is 0 Å². The van der Waals surface area contributed by atoms with Gasteiger partial charge in [0.25, 0.3) is 5.91 Å². The predicted octanol–water partition coefficient (Wildman–Crippen LogP) is 5.59. The molecule has 0 bridgehead atoms. The fourth-order valence-corrected chi connectivity index (χ4v) is 4.72. The Kier molecular flexibility index (Phi) is 6.80. The number of hydrazone groups is 1. The van der Waals surface area contributed by atoms with Crippen LogP contribution in [-0.2, 0) is 4.79 Å². The SMILES string of the molecule is C[C@@H]1C(C(=O)NN2CCCCCC2)=NN(c2ccc(Cl)cc2Cl)[C@H]1c1ccc(F)cc1. The molecule has 2 aromatic rings. The maximum atomic E-state index is 13.6. The molecule has 0 radical (unpaired) electrons. The van der Waals surface area contributed by atoms with Crippen molar-refractivity contribution in [3.8, 4) is 0 Å². The maximum absolute atomic E-state index is 13.6. The largest absolute Gasteiger partial charge is 0.284 e. The van der Waals surface area contributed by atoms with E-state index >= 15 is 0 Å². The Hall–Kier alpha value is -2.15. The van der Waals surface area contributed by atoms with Crippen molar-refractivity contribution in [2.45, 2.75) is 38.6 Å². The highest BCUT2D eigenvalue weighted by molar-refractivity contribution is 6.41. The summed E-state index contributed by atoms with van der Waals surface area (Å²) >= 11 is 12.5. The number of rotatable bonds is 4. The molecular weight excluding hydrogens is 438 g/mol. The Morgan fingerprint density at radius 1 is 1.06 bits per heavy atom. The summed E-state index contributed by atoms with van der Waals surface area (Å²) in [7, 11) is 0. The first-order valence-corrected chi connectivity index (χ1v) is 11.3. The van der Waals surface area contributed by atoms with Crippen LogP contribution in [0.25, 0.3) is 0 Å². The molecule has 0 spiro atoms. The van der Waals surface area contributed by atoms with Crippen LogP contribution in [0.2, 0.25) is 10.0 Å². The topological polar surface area (TPSA) is 47.9 Å². The van der Waals surface area contributed by atoms with Crippen LogP contribution in [0.15, 0.2) is 47.6 Å². The van der Waals surface area contributed by atoms with Gasteiger partial charge in [0.05, 0.1) is 16.8 Å². The van der Waals surface area contributed by atoms with Gasteiger partial charge < -0.3 is 0 Å². The van der Waals surface area contributed by atoms with Gasteiger partial charge in [-0.3, -0.25) is 15.2 Å². The van der Waals surface area contributed by atoms with Crippen LogP contribution < -0.4 is 10.4 Å². The maximum Gasteiger partial charge on any atom is 0.282 e. The summed E-state index contributed by atoms with van der Waals surface area (Å²) in [5.41, 5.74) is 4.94. The van der Waals surface area contributed by atoms with Gasteiger partial charge in [0.15, 0.2) is 0 Å². The summed E-state index contributed by atoms with van der Waals surface area (Å²) in [6.07, 6.45) is 4.48. The van der Waals surface area contributed by atoms with Crippen LogP contribution in [0.5, 0.6) is 0 Å². The third kappa shape index (κ3) is 4.86. The second-order valence-corrected chi connectivity index (χ2v) is 8.90. The minimum Gasteiger partial charge on any atom is -0.284 e. The van der Waals surface area contributed by atoms with Gasteiger partial charge in [0.2, 0.25) is 0 Å². The van der Waals surface area contributed by atoms with Crippen molar-refractivity contribution in [1.29, 1.82) is 0 Å². The molecule has 1 amide bonds. The molecule has 164 valence electrons. The molecule has 1 N–H and O–H groups in total. The minimum absolute atomic E-state index is 0.214. The Morgan fingerprint density at radius 2 is 1.74 bits per heavy atom. The number of hydrazine groups is 1. The molecule has 2 aliphatic heterocycles. The van der Waals surface area contributed by atoms with E-state index in [1.807, 2.05) is 11.9 Å². The van der Waals surface area contributed by atoms with E-state index < -0.39 is 0 Å². The van der Waals surface area contributed by atoms with Crippen molar-refractivity contribution >= 4 is 40.5 Å². The summed E-state index contributed by atoms with van der Waals surface area (Å²) in [6.45, 7) is 3.63. The Balaban J connectivity index is 1.66. The van der Waals surface area contributed by atoms with Crippen LogP contribution >= 0.6 is 23.2 Å². The number of anilines is 1. The molecule has 8 heteroatoms. The zero-order chi connectivity index (χ0) is 22.0. The van der Waals surface area contributed by atoms with Crippen LogP contribution in [0.3, 0.4) is 0 Å². The van der Waals surface area contributed by atoms with Gasteiger partial charge in [0, 0.05) is 24.0 Å². The number of hydrogen-bond donors (Lipinski definition) is 1.